The topological polar surface area (TPSA) is 102 Å². The molecule has 6 heteroatoms. The number of aromatic nitrogens is 1. The van der Waals surface area contributed by atoms with E-state index in [0.717, 1.165) is 69.9 Å². The van der Waals surface area contributed by atoms with Crippen molar-refractivity contribution >= 4 is 18.1 Å². The van der Waals surface area contributed by atoms with Crippen molar-refractivity contribution in [2.75, 3.05) is 5.32 Å². The van der Waals surface area contributed by atoms with Crippen LogP contribution in [0.2, 0.25) is 0 Å². The summed E-state index contributed by atoms with van der Waals surface area (Å²) >= 11 is 0. The van der Waals surface area contributed by atoms with Crippen molar-refractivity contribution < 1.29 is 19.8 Å². The number of aromatic hydroxyl groups is 1. The summed E-state index contributed by atoms with van der Waals surface area (Å²) in [6.45, 7) is 1.97. The number of rotatable bonds is 17. The number of nitrogens with one attached hydrogen (secondary N) is 2. The van der Waals surface area contributed by atoms with Gasteiger partial charge in [0.15, 0.2) is 0 Å². The number of carbonyl (C=O) groups is 2. The Balaban J connectivity index is 1.89. The molecular weight excluding hydrogens is 416 g/mol. The molecule has 0 aliphatic rings. The van der Waals surface area contributed by atoms with Crippen LogP contribution in [0, 0.1) is 11.8 Å². The number of benzene rings is 1. The zero-order chi connectivity index (χ0) is 23.9. The van der Waals surface area contributed by atoms with Gasteiger partial charge in [-0.1, -0.05) is 63.7 Å². The second kappa shape index (κ2) is 14.9. The van der Waals surface area contributed by atoms with Gasteiger partial charge in [-0.25, -0.2) is 4.79 Å². The Morgan fingerprint density at radius 1 is 1.03 bits per heavy atom. The van der Waals surface area contributed by atoms with Gasteiger partial charge in [-0.2, -0.15) is 0 Å². The fraction of sp³-hybridized carbons (Fsp3) is 0.481. The van der Waals surface area contributed by atoms with Crippen LogP contribution < -0.4 is 5.32 Å². The highest BCUT2D eigenvalue weighted by molar-refractivity contribution is 5.79. The molecule has 0 radical (unpaired) electrons. The van der Waals surface area contributed by atoms with Crippen LogP contribution in [-0.4, -0.2) is 33.5 Å². The van der Waals surface area contributed by atoms with E-state index in [0.29, 0.717) is 5.92 Å². The number of phenols is 1. The quantitative estimate of drug-likeness (QED) is 0.134. The van der Waals surface area contributed by atoms with Crippen molar-refractivity contribution in [1.29, 1.82) is 0 Å². The monoisotopic (exact) mass is 454 g/mol. The van der Waals surface area contributed by atoms with Crippen LogP contribution in [0.4, 0.5) is 5.82 Å². The van der Waals surface area contributed by atoms with E-state index in [4.69, 9.17) is 5.11 Å². The van der Waals surface area contributed by atoms with Crippen molar-refractivity contribution in [3.8, 4) is 5.75 Å². The number of phenolic OH excluding ortho intramolecular Hbond substituents is 1. The molecule has 6 nitrogen and oxygen atoms in total. The van der Waals surface area contributed by atoms with Gasteiger partial charge >= 0.3 is 5.97 Å². The van der Waals surface area contributed by atoms with Crippen molar-refractivity contribution in [2.24, 2.45) is 11.8 Å². The van der Waals surface area contributed by atoms with E-state index in [2.05, 4.69) is 10.3 Å². The smallest absolute Gasteiger partial charge is 0.328 e. The predicted molar refractivity (Wildman–Crippen MR) is 132 cm³/mol. The number of anilines is 1. The van der Waals surface area contributed by atoms with Crippen molar-refractivity contribution in [2.45, 2.75) is 70.8 Å². The number of carboxylic acid groups (broad SMARTS) is 1. The van der Waals surface area contributed by atoms with Crippen molar-refractivity contribution in [1.82, 2.24) is 4.98 Å². The lowest BCUT2D eigenvalue weighted by Gasteiger charge is -2.20. The van der Waals surface area contributed by atoms with Crippen LogP contribution in [0.25, 0.3) is 0 Å². The van der Waals surface area contributed by atoms with Gasteiger partial charge in [0, 0.05) is 24.2 Å². The molecule has 0 aliphatic carbocycles. The first-order valence-electron chi connectivity index (χ1n) is 12.0. The number of hydrogen-bond donors (Lipinski definition) is 4. The summed E-state index contributed by atoms with van der Waals surface area (Å²) in [5, 5.41) is 21.9. The zero-order valence-electron chi connectivity index (χ0n) is 19.6. The third-order valence-electron chi connectivity index (χ3n) is 6.00. The molecule has 0 spiro atoms. The van der Waals surface area contributed by atoms with Crippen LogP contribution in [-0.2, 0) is 16.0 Å². The Hall–Kier alpha value is -3.02. The third kappa shape index (κ3) is 11.4. The number of aromatic amines is 1. The minimum Gasteiger partial charge on any atom is -0.508 e. The zero-order valence-corrected chi connectivity index (χ0v) is 19.6. The summed E-state index contributed by atoms with van der Waals surface area (Å²) in [6.07, 6.45) is 15.0. The molecule has 0 aliphatic heterocycles. The highest BCUT2D eigenvalue weighted by Gasteiger charge is 2.13. The van der Waals surface area contributed by atoms with E-state index < -0.39 is 5.97 Å². The van der Waals surface area contributed by atoms with E-state index in [9.17, 15) is 14.7 Å². The van der Waals surface area contributed by atoms with Crippen LogP contribution in [0.5, 0.6) is 5.75 Å². The number of aldehydes is 1. The molecule has 0 fully saturated rings. The molecule has 0 bridgehead atoms. The SMILES string of the molecule is CC(C=O)CCCCCC(CCCC(C=CC(=O)O)Nc1ccc[nH]1)Cc1ccc(O)cc1. The summed E-state index contributed by atoms with van der Waals surface area (Å²) in [6, 6.07) is 11.2. The highest BCUT2D eigenvalue weighted by atomic mass is 16.4. The van der Waals surface area contributed by atoms with Gasteiger partial charge in [0.1, 0.15) is 17.9 Å². The maximum absolute atomic E-state index is 11.0. The van der Waals surface area contributed by atoms with E-state index >= 15 is 0 Å². The average molecular weight is 455 g/mol. The van der Waals surface area contributed by atoms with Gasteiger partial charge < -0.3 is 25.3 Å². The summed E-state index contributed by atoms with van der Waals surface area (Å²) in [4.78, 5) is 24.9. The Morgan fingerprint density at radius 2 is 1.76 bits per heavy atom. The normalized spacial score (nSPS) is 14.1. The predicted octanol–water partition coefficient (Wildman–Crippen LogP) is 5.96. The molecule has 3 unspecified atom stereocenters. The third-order valence-corrected chi connectivity index (χ3v) is 6.00. The van der Waals surface area contributed by atoms with Crippen molar-refractivity contribution in [3.05, 3.63) is 60.3 Å². The van der Waals surface area contributed by atoms with Crippen LogP contribution in [0.15, 0.2) is 54.7 Å². The number of hydrogen-bond acceptors (Lipinski definition) is 4. The summed E-state index contributed by atoms with van der Waals surface area (Å²) < 4.78 is 0. The maximum atomic E-state index is 11.0. The molecule has 0 saturated heterocycles. The molecule has 0 saturated carbocycles. The minimum atomic E-state index is -0.942. The number of aliphatic carboxylic acids is 1. The van der Waals surface area contributed by atoms with Crippen LogP contribution >= 0.6 is 0 Å². The largest absolute Gasteiger partial charge is 0.508 e. The van der Waals surface area contributed by atoms with E-state index in [1.807, 2.05) is 37.4 Å². The Labute approximate surface area is 197 Å². The van der Waals surface area contributed by atoms with E-state index in [1.165, 1.54) is 11.6 Å². The fourth-order valence-electron chi connectivity index (χ4n) is 4.12. The molecule has 2 rings (SSSR count). The molecule has 4 N–H and O–H groups in total. The molecule has 1 aromatic carbocycles. The molecule has 3 atom stereocenters. The first-order chi connectivity index (χ1) is 16.0. The van der Waals surface area contributed by atoms with Crippen molar-refractivity contribution in [3.63, 3.8) is 0 Å². The maximum Gasteiger partial charge on any atom is 0.328 e. The molecule has 33 heavy (non-hydrogen) atoms. The lowest BCUT2D eigenvalue weighted by Crippen LogP contribution is -2.18. The van der Waals surface area contributed by atoms with Gasteiger partial charge in [0.2, 0.25) is 0 Å². The fourth-order valence-corrected chi connectivity index (χ4v) is 4.12. The van der Waals surface area contributed by atoms with Gasteiger partial charge in [-0.15, -0.1) is 0 Å². The van der Waals surface area contributed by atoms with Crippen LogP contribution in [0.3, 0.4) is 0 Å². The second-order valence-electron chi connectivity index (χ2n) is 8.95. The van der Waals surface area contributed by atoms with E-state index in [-0.39, 0.29) is 17.7 Å². The second-order valence-corrected chi connectivity index (χ2v) is 8.95. The summed E-state index contributed by atoms with van der Waals surface area (Å²) in [7, 11) is 0. The number of carboxylic acids is 1. The van der Waals surface area contributed by atoms with Gasteiger partial charge in [0.05, 0.1) is 0 Å². The molecule has 1 heterocycles. The summed E-state index contributed by atoms with van der Waals surface area (Å²) in [5.74, 6) is 0.874. The lowest BCUT2D eigenvalue weighted by molar-refractivity contribution is -0.131. The average Bonchev–Trinajstić information content (AvgIpc) is 3.31. The van der Waals surface area contributed by atoms with E-state index in [1.54, 1.807) is 18.2 Å². The molecule has 0 amide bonds. The first-order valence-corrected chi connectivity index (χ1v) is 12.0. The van der Waals surface area contributed by atoms with Crippen LogP contribution in [0.1, 0.15) is 63.9 Å². The van der Waals surface area contributed by atoms with Gasteiger partial charge in [-0.3, -0.25) is 0 Å². The first kappa shape index (κ1) is 26.2. The minimum absolute atomic E-state index is 0.0566. The van der Waals surface area contributed by atoms with Gasteiger partial charge in [-0.05, 0) is 55.0 Å². The summed E-state index contributed by atoms with van der Waals surface area (Å²) in [5.41, 5.74) is 1.22. The standard InChI is InChI=1S/C27H38N2O4/c1-21(20-30)7-3-2-4-8-22(19-23-12-15-25(31)16-13-23)9-5-10-24(14-17-27(32)33)29-26-11-6-18-28-26/h6,11-18,20-22,24,28-29,31H,2-5,7-10,19H2,1H3,(H,32,33). The Morgan fingerprint density at radius 3 is 2.42 bits per heavy atom. The number of H-pyrrole nitrogens is 1. The lowest BCUT2D eigenvalue weighted by atomic mass is 9.88. The Kier molecular flexibility index (Phi) is 11.9. The number of unbranched alkanes of at least 4 members (excludes halogenated alkanes) is 2. The molecule has 2 aromatic rings. The highest BCUT2D eigenvalue weighted by Crippen LogP contribution is 2.24. The molecule has 1 aromatic heterocycles. The Bertz CT molecular complexity index is 830. The van der Waals surface area contributed by atoms with Gasteiger partial charge in [0.25, 0.3) is 0 Å². The molecular formula is C27H38N2O4. The number of carbonyl (C=O) groups excluding carboxylic acids is 1. The molecule has 180 valence electrons.